The van der Waals surface area contributed by atoms with Crippen molar-refractivity contribution in [3.63, 3.8) is 0 Å². The maximum Gasteiger partial charge on any atom is 0.242 e. The second-order valence-corrected chi connectivity index (χ2v) is 4.56. The number of nitrogens with one attached hydrogen (secondary N) is 2. The molecule has 1 atom stereocenters. The summed E-state index contributed by atoms with van der Waals surface area (Å²) in [5, 5.41) is 6.23. The molecular formula is C13H18N2O. The van der Waals surface area contributed by atoms with Crippen molar-refractivity contribution in [2.24, 2.45) is 0 Å². The molecule has 0 bridgehead atoms. The van der Waals surface area contributed by atoms with Gasteiger partial charge >= 0.3 is 0 Å². The van der Waals surface area contributed by atoms with Gasteiger partial charge in [-0.15, -0.1) is 0 Å². The van der Waals surface area contributed by atoms with Crippen LogP contribution in [0.5, 0.6) is 0 Å². The highest BCUT2D eigenvalue weighted by atomic mass is 16.2. The zero-order chi connectivity index (χ0) is 11.5. The van der Waals surface area contributed by atoms with E-state index in [0.717, 1.165) is 18.5 Å². The zero-order valence-electron chi connectivity index (χ0n) is 9.79. The molecule has 16 heavy (non-hydrogen) atoms. The van der Waals surface area contributed by atoms with Gasteiger partial charge in [-0.25, -0.2) is 0 Å². The maximum absolute atomic E-state index is 11.8. The molecule has 1 aliphatic rings. The Morgan fingerprint density at radius 2 is 2.19 bits per heavy atom. The van der Waals surface area contributed by atoms with Gasteiger partial charge in [-0.3, -0.25) is 4.79 Å². The Kier molecular flexibility index (Phi) is 3.13. The third kappa shape index (κ3) is 2.35. The minimum Gasteiger partial charge on any atom is -0.373 e. The van der Waals surface area contributed by atoms with Crippen LogP contribution in [0.3, 0.4) is 0 Å². The highest BCUT2D eigenvalue weighted by molar-refractivity contribution is 5.85. The number of fused-ring (bicyclic) bond motifs is 1. The number of hydrogen-bond acceptors (Lipinski definition) is 2. The third-order valence-electron chi connectivity index (χ3n) is 2.80. The van der Waals surface area contributed by atoms with Crippen LogP contribution in [-0.2, 0) is 11.2 Å². The van der Waals surface area contributed by atoms with Crippen molar-refractivity contribution in [2.45, 2.75) is 38.8 Å². The third-order valence-corrected chi connectivity index (χ3v) is 2.80. The molecule has 3 heteroatoms. The van der Waals surface area contributed by atoms with Gasteiger partial charge < -0.3 is 10.6 Å². The number of amides is 1. The predicted molar refractivity (Wildman–Crippen MR) is 65.5 cm³/mol. The number of rotatable bonds is 2. The van der Waals surface area contributed by atoms with Gasteiger partial charge in [0, 0.05) is 11.7 Å². The van der Waals surface area contributed by atoms with Gasteiger partial charge in [0.15, 0.2) is 0 Å². The molecule has 0 fully saturated rings. The second-order valence-electron chi connectivity index (χ2n) is 4.56. The standard InChI is InChI=1S/C13H18N2O/c1-9(2)14-13(16)12-8-7-10-5-3-4-6-11(10)15-12/h3-6,9,12,15H,7-8H2,1-2H3,(H,14,16). The molecule has 1 amide bonds. The molecule has 1 unspecified atom stereocenters. The molecule has 2 N–H and O–H groups in total. The van der Waals surface area contributed by atoms with E-state index >= 15 is 0 Å². The van der Waals surface area contributed by atoms with E-state index in [-0.39, 0.29) is 18.0 Å². The minimum absolute atomic E-state index is 0.0858. The normalized spacial score (nSPS) is 18.8. The van der Waals surface area contributed by atoms with Gasteiger partial charge in [0.05, 0.1) is 0 Å². The molecule has 0 aliphatic carbocycles. The fourth-order valence-electron chi connectivity index (χ4n) is 2.02. The fraction of sp³-hybridized carbons (Fsp3) is 0.462. The van der Waals surface area contributed by atoms with Crippen LogP contribution in [0.15, 0.2) is 24.3 Å². The zero-order valence-corrected chi connectivity index (χ0v) is 9.79. The lowest BCUT2D eigenvalue weighted by Gasteiger charge is -2.26. The molecule has 0 saturated heterocycles. The number of carbonyl (C=O) groups excluding carboxylic acids is 1. The summed E-state index contributed by atoms with van der Waals surface area (Å²) >= 11 is 0. The first-order valence-corrected chi connectivity index (χ1v) is 5.81. The largest absolute Gasteiger partial charge is 0.373 e. The van der Waals surface area contributed by atoms with Crippen LogP contribution < -0.4 is 10.6 Å². The van der Waals surface area contributed by atoms with Crippen LogP contribution in [-0.4, -0.2) is 18.0 Å². The van der Waals surface area contributed by atoms with Crippen LogP contribution in [0, 0.1) is 0 Å². The number of anilines is 1. The Hall–Kier alpha value is -1.51. The van der Waals surface area contributed by atoms with Crippen molar-refractivity contribution in [1.82, 2.24) is 5.32 Å². The van der Waals surface area contributed by atoms with E-state index < -0.39 is 0 Å². The van der Waals surface area contributed by atoms with E-state index in [2.05, 4.69) is 16.7 Å². The summed E-state index contributed by atoms with van der Waals surface area (Å²) in [4.78, 5) is 11.8. The molecule has 3 nitrogen and oxygen atoms in total. The topological polar surface area (TPSA) is 41.1 Å². The Morgan fingerprint density at radius 3 is 2.94 bits per heavy atom. The van der Waals surface area contributed by atoms with Gasteiger partial charge in [-0.2, -0.15) is 0 Å². The molecule has 0 aromatic heterocycles. The molecule has 0 radical (unpaired) electrons. The Morgan fingerprint density at radius 1 is 1.44 bits per heavy atom. The molecule has 0 spiro atoms. The number of aryl methyl sites for hydroxylation is 1. The highest BCUT2D eigenvalue weighted by Crippen LogP contribution is 2.24. The fourth-order valence-corrected chi connectivity index (χ4v) is 2.02. The molecule has 1 aromatic rings. The first-order valence-electron chi connectivity index (χ1n) is 5.81. The predicted octanol–water partition coefficient (Wildman–Crippen LogP) is 1.94. The van der Waals surface area contributed by atoms with Crippen molar-refractivity contribution < 1.29 is 4.79 Å². The quantitative estimate of drug-likeness (QED) is 0.796. The monoisotopic (exact) mass is 218 g/mol. The Balaban J connectivity index is 2.05. The van der Waals surface area contributed by atoms with E-state index in [4.69, 9.17) is 0 Å². The summed E-state index contributed by atoms with van der Waals surface area (Å²) in [5.41, 5.74) is 2.40. The smallest absolute Gasteiger partial charge is 0.242 e. The highest BCUT2D eigenvalue weighted by Gasteiger charge is 2.23. The summed E-state index contributed by atoms with van der Waals surface area (Å²) in [7, 11) is 0. The first-order chi connectivity index (χ1) is 7.66. The van der Waals surface area contributed by atoms with Crippen molar-refractivity contribution in [3.05, 3.63) is 29.8 Å². The molecule has 1 heterocycles. The average molecular weight is 218 g/mol. The van der Waals surface area contributed by atoms with Crippen LogP contribution in [0.25, 0.3) is 0 Å². The molecule has 1 aliphatic heterocycles. The lowest BCUT2D eigenvalue weighted by molar-refractivity contribution is -0.122. The van der Waals surface area contributed by atoms with Crippen molar-refractivity contribution >= 4 is 11.6 Å². The van der Waals surface area contributed by atoms with Gasteiger partial charge in [-0.1, -0.05) is 18.2 Å². The summed E-state index contributed by atoms with van der Waals surface area (Å²) < 4.78 is 0. The number of hydrogen-bond donors (Lipinski definition) is 2. The van der Waals surface area contributed by atoms with Crippen LogP contribution in [0.4, 0.5) is 5.69 Å². The summed E-state index contributed by atoms with van der Waals surface area (Å²) in [6.45, 7) is 3.96. The van der Waals surface area contributed by atoms with E-state index in [1.54, 1.807) is 0 Å². The number of benzene rings is 1. The second kappa shape index (κ2) is 4.56. The van der Waals surface area contributed by atoms with Crippen molar-refractivity contribution in [1.29, 1.82) is 0 Å². The minimum atomic E-state index is -0.0858. The SMILES string of the molecule is CC(C)NC(=O)C1CCc2ccccc2N1. The Labute approximate surface area is 96.2 Å². The van der Waals surface area contributed by atoms with E-state index in [1.807, 2.05) is 32.0 Å². The lowest BCUT2D eigenvalue weighted by Crippen LogP contribution is -2.44. The van der Waals surface area contributed by atoms with Gasteiger partial charge in [0.2, 0.25) is 5.91 Å². The first kappa shape index (κ1) is 11.0. The lowest BCUT2D eigenvalue weighted by atomic mass is 9.97. The van der Waals surface area contributed by atoms with E-state index in [1.165, 1.54) is 5.56 Å². The average Bonchev–Trinajstić information content (AvgIpc) is 2.27. The molecule has 1 aromatic carbocycles. The van der Waals surface area contributed by atoms with Gasteiger partial charge in [-0.05, 0) is 38.3 Å². The van der Waals surface area contributed by atoms with E-state index in [9.17, 15) is 4.79 Å². The Bertz CT molecular complexity index is 387. The number of para-hydroxylation sites is 1. The van der Waals surface area contributed by atoms with Crippen molar-refractivity contribution in [3.8, 4) is 0 Å². The molecular weight excluding hydrogens is 200 g/mol. The molecule has 0 saturated carbocycles. The van der Waals surface area contributed by atoms with Gasteiger partial charge in [0.25, 0.3) is 0 Å². The molecule has 2 rings (SSSR count). The summed E-state index contributed by atoms with van der Waals surface area (Å²) in [5.74, 6) is 0.101. The van der Waals surface area contributed by atoms with E-state index in [0.29, 0.717) is 0 Å². The number of carbonyl (C=O) groups is 1. The van der Waals surface area contributed by atoms with Crippen LogP contribution in [0.2, 0.25) is 0 Å². The van der Waals surface area contributed by atoms with Crippen LogP contribution in [0.1, 0.15) is 25.8 Å². The maximum atomic E-state index is 11.8. The van der Waals surface area contributed by atoms with Crippen molar-refractivity contribution in [2.75, 3.05) is 5.32 Å². The van der Waals surface area contributed by atoms with Crippen LogP contribution >= 0.6 is 0 Å². The van der Waals surface area contributed by atoms with Gasteiger partial charge in [0.1, 0.15) is 6.04 Å². The summed E-state index contributed by atoms with van der Waals surface area (Å²) in [6, 6.07) is 8.29. The summed E-state index contributed by atoms with van der Waals surface area (Å²) in [6.07, 6.45) is 1.84. The molecule has 86 valence electrons.